The Bertz CT molecular complexity index is 810. The number of hydrogen-bond acceptors (Lipinski definition) is 4. The summed E-state index contributed by atoms with van der Waals surface area (Å²) in [5.74, 6) is -0.366. The molecular formula is C13H14N4O2. The van der Waals surface area contributed by atoms with E-state index in [9.17, 15) is 4.79 Å². The van der Waals surface area contributed by atoms with Gasteiger partial charge < -0.3 is 10.2 Å². The minimum absolute atomic E-state index is 0.358. The molecule has 0 fully saturated rings. The number of nitrogens with two attached hydrogens (primary N) is 1. The summed E-state index contributed by atoms with van der Waals surface area (Å²) in [6, 6.07) is 5.64. The third kappa shape index (κ3) is 1.68. The summed E-state index contributed by atoms with van der Waals surface area (Å²) in [5.41, 5.74) is 10.7. The number of nitrogens with zero attached hydrogens (tertiary/aromatic N) is 2. The van der Waals surface area contributed by atoms with Crippen LogP contribution in [0.2, 0.25) is 0 Å². The van der Waals surface area contributed by atoms with Crippen LogP contribution in [0.4, 0.5) is 0 Å². The minimum atomic E-state index is -0.366. The summed E-state index contributed by atoms with van der Waals surface area (Å²) in [7, 11) is 1.68. The predicted octanol–water partition coefficient (Wildman–Crippen LogP) is 1.29. The van der Waals surface area contributed by atoms with E-state index in [2.05, 4.69) is 10.2 Å². The number of nitrogens with one attached hydrogen (secondary N) is 1. The van der Waals surface area contributed by atoms with Gasteiger partial charge in [-0.2, -0.15) is 5.10 Å². The lowest BCUT2D eigenvalue weighted by Gasteiger charge is -2.02. The number of H-pyrrole nitrogens is 1. The number of aromatic amines is 1. The molecule has 0 aliphatic heterocycles. The van der Waals surface area contributed by atoms with Gasteiger partial charge in [0.25, 0.3) is 0 Å². The zero-order chi connectivity index (χ0) is 13.6. The van der Waals surface area contributed by atoms with Crippen molar-refractivity contribution < 1.29 is 4.42 Å². The standard InChI is InChI=1S/C13H14N4O2/c1-7-12(9(6-14)16-15-7)8-3-4-10-11(5-8)19-13(18)17(10)2/h3-5H,6,14H2,1-2H3,(H,15,16). The maximum Gasteiger partial charge on any atom is 0.419 e. The van der Waals surface area contributed by atoms with Crippen LogP contribution >= 0.6 is 0 Å². The Morgan fingerprint density at radius 2 is 2.26 bits per heavy atom. The Hall–Kier alpha value is -2.34. The molecule has 98 valence electrons. The molecule has 0 bridgehead atoms. The van der Waals surface area contributed by atoms with Crippen LogP contribution < -0.4 is 11.5 Å². The van der Waals surface area contributed by atoms with Gasteiger partial charge in [0.05, 0.1) is 11.2 Å². The van der Waals surface area contributed by atoms with E-state index < -0.39 is 0 Å². The molecule has 2 heterocycles. The van der Waals surface area contributed by atoms with Crippen molar-refractivity contribution in [2.24, 2.45) is 12.8 Å². The Kier molecular flexibility index (Phi) is 2.53. The van der Waals surface area contributed by atoms with Crippen LogP contribution in [0.5, 0.6) is 0 Å². The van der Waals surface area contributed by atoms with Crippen molar-refractivity contribution >= 4 is 11.1 Å². The van der Waals surface area contributed by atoms with Crippen LogP contribution in [-0.4, -0.2) is 14.8 Å². The Balaban J connectivity index is 2.26. The van der Waals surface area contributed by atoms with Crippen LogP contribution in [-0.2, 0) is 13.6 Å². The van der Waals surface area contributed by atoms with Crippen molar-refractivity contribution in [2.45, 2.75) is 13.5 Å². The fourth-order valence-electron chi connectivity index (χ4n) is 2.30. The van der Waals surface area contributed by atoms with Crippen molar-refractivity contribution in [1.29, 1.82) is 0 Å². The van der Waals surface area contributed by atoms with Crippen LogP contribution in [0.3, 0.4) is 0 Å². The average Bonchev–Trinajstić information content (AvgIpc) is 2.90. The van der Waals surface area contributed by atoms with E-state index in [4.69, 9.17) is 10.2 Å². The van der Waals surface area contributed by atoms with E-state index in [1.165, 1.54) is 4.57 Å². The highest BCUT2D eigenvalue weighted by atomic mass is 16.4. The summed E-state index contributed by atoms with van der Waals surface area (Å²) in [6.45, 7) is 2.29. The second kappa shape index (κ2) is 4.10. The van der Waals surface area contributed by atoms with Crippen molar-refractivity contribution in [3.63, 3.8) is 0 Å². The summed E-state index contributed by atoms with van der Waals surface area (Å²) < 4.78 is 6.67. The number of rotatable bonds is 2. The van der Waals surface area contributed by atoms with E-state index in [1.807, 2.05) is 25.1 Å². The monoisotopic (exact) mass is 258 g/mol. The largest absolute Gasteiger partial charge is 0.419 e. The SMILES string of the molecule is Cc1[nH]nc(CN)c1-c1ccc2c(c1)oc(=O)n2C. The van der Waals surface area contributed by atoms with Gasteiger partial charge in [-0.25, -0.2) is 4.79 Å². The molecule has 0 aliphatic carbocycles. The summed E-state index contributed by atoms with van der Waals surface area (Å²) >= 11 is 0. The molecule has 1 aromatic carbocycles. The van der Waals surface area contributed by atoms with Gasteiger partial charge in [0.15, 0.2) is 5.58 Å². The molecule has 0 saturated heterocycles. The Labute approximate surface area is 108 Å². The van der Waals surface area contributed by atoms with Gasteiger partial charge in [-0.05, 0) is 24.6 Å². The van der Waals surface area contributed by atoms with E-state index in [-0.39, 0.29) is 5.76 Å². The van der Waals surface area contributed by atoms with Crippen LogP contribution in [0, 0.1) is 6.92 Å². The molecule has 6 nitrogen and oxygen atoms in total. The molecule has 19 heavy (non-hydrogen) atoms. The van der Waals surface area contributed by atoms with E-state index in [0.29, 0.717) is 12.1 Å². The summed E-state index contributed by atoms with van der Waals surface area (Å²) in [6.07, 6.45) is 0. The first-order valence-corrected chi connectivity index (χ1v) is 5.95. The predicted molar refractivity (Wildman–Crippen MR) is 71.7 cm³/mol. The molecule has 0 aliphatic rings. The maximum atomic E-state index is 11.5. The molecule has 3 N–H and O–H groups in total. The number of aryl methyl sites for hydroxylation is 2. The van der Waals surface area contributed by atoms with Gasteiger partial charge in [-0.3, -0.25) is 9.67 Å². The quantitative estimate of drug-likeness (QED) is 0.724. The molecule has 0 unspecified atom stereocenters. The van der Waals surface area contributed by atoms with Gasteiger partial charge >= 0.3 is 5.76 Å². The molecule has 0 saturated carbocycles. The first-order chi connectivity index (χ1) is 9.11. The van der Waals surface area contributed by atoms with Crippen molar-refractivity contribution in [2.75, 3.05) is 0 Å². The van der Waals surface area contributed by atoms with Crippen molar-refractivity contribution in [3.05, 3.63) is 40.1 Å². The van der Waals surface area contributed by atoms with Crippen LogP contribution in [0.1, 0.15) is 11.4 Å². The van der Waals surface area contributed by atoms with Gasteiger partial charge in [-0.1, -0.05) is 6.07 Å². The number of benzene rings is 1. The Morgan fingerprint density at radius 3 is 3.00 bits per heavy atom. The number of hydrogen-bond donors (Lipinski definition) is 2. The smallest absolute Gasteiger partial charge is 0.408 e. The normalized spacial score (nSPS) is 11.3. The molecule has 2 aromatic heterocycles. The second-order valence-electron chi connectivity index (χ2n) is 4.48. The molecule has 3 aromatic rings. The summed E-state index contributed by atoms with van der Waals surface area (Å²) in [5, 5.41) is 7.09. The zero-order valence-corrected chi connectivity index (χ0v) is 10.7. The highest BCUT2D eigenvalue weighted by Crippen LogP contribution is 2.28. The highest BCUT2D eigenvalue weighted by Gasteiger charge is 2.13. The third-order valence-electron chi connectivity index (χ3n) is 3.30. The van der Waals surface area contributed by atoms with Gasteiger partial charge in [-0.15, -0.1) is 0 Å². The lowest BCUT2D eigenvalue weighted by atomic mass is 10.0. The van der Waals surface area contributed by atoms with Crippen LogP contribution in [0.25, 0.3) is 22.2 Å². The topological polar surface area (TPSA) is 89.8 Å². The minimum Gasteiger partial charge on any atom is -0.408 e. The number of aromatic nitrogens is 3. The lowest BCUT2D eigenvalue weighted by Crippen LogP contribution is -2.08. The summed E-state index contributed by atoms with van der Waals surface area (Å²) in [4.78, 5) is 11.5. The fraction of sp³-hybridized carbons (Fsp3) is 0.231. The van der Waals surface area contributed by atoms with Crippen molar-refractivity contribution in [1.82, 2.24) is 14.8 Å². The van der Waals surface area contributed by atoms with Crippen LogP contribution in [0.15, 0.2) is 27.4 Å². The molecular weight excluding hydrogens is 244 g/mol. The van der Waals surface area contributed by atoms with Gasteiger partial charge in [0.1, 0.15) is 0 Å². The average molecular weight is 258 g/mol. The lowest BCUT2D eigenvalue weighted by molar-refractivity contribution is 0.528. The fourth-order valence-corrected chi connectivity index (χ4v) is 2.30. The van der Waals surface area contributed by atoms with E-state index in [0.717, 1.165) is 28.0 Å². The highest BCUT2D eigenvalue weighted by molar-refractivity contribution is 5.81. The molecule has 0 atom stereocenters. The van der Waals surface area contributed by atoms with Gasteiger partial charge in [0, 0.05) is 24.8 Å². The van der Waals surface area contributed by atoms with Gasteiger partial charge in [0.2, 0.25) is 0 Å². The van der Waals surface area contributed by atoms with E-state index >= 15 is 0 Å². The first kappa shape index (κ1) is 11.7. The molecule has 0 amide bonds. The third-order valence-corrected chi connectivity index (χ3v) is 3.30. The molecule has 0 spiro atoms. The molecule has 6 heteroatoms. The maximum absolute atomic E-state index is 11.5. The first-order valence-electron chi connectivity index (χ1n) is 5.95. The zero-order valence-electron chi connectivity index (χ0n) is 10.7. The Morgan fingerprint density at radius 1 is 1.47 bits per heavy atom. The second-order valence-corrected chi connectivity index (χ2v) is 4.48. The van der Waals surface area contributed by atoms with E-state index in [1.54, 1.807) is 7.05 Å². The number of oxazole rings is 1. The molecule has 0 radical (unpaired) electrons. The number of fused-ring (bicyclic) bond motifs is 1. The van der Waals surface area contributed by atoms with Crippen molar-refractivity contribution in [3.8, 4) is 11.1 Å². The molecule has 3 rings (SSSR count).